The monoisotopic (exact) mass is 253 g/mol. The first kappa shape index (κ1) is 13.5. The van der Waals surface area contributed by atoms with Gasteiger partial charge in [0.15, 0.2) is 0 Å². The predicted molar refractivity (Wildman–Crippen MR) is 69.1 cm³/mol. The van der Waals surface area contributed by atoms with Gasteiger partial charge in [0.1, 0.15) is 6.10 Å². The minimum absolute atomic E-state index is 0.280. The number of ether oxygens (including phenoxy) is 1. The van der Waals surface area contributed by atoms with E-state index in [-0.39, 0.29) is 5.41 Å². The smallest absolute Gasteiger partial charge is 0.105 e. The van der Waals surface area contributed by atoms with Crippen LogP contribution in [-0.2, 0) is 11.3 Å². The second-order valence-electron chi connectivity index (χ2n) is 5.11. The van der Waals surface area contributed by atoms with Crippen LogP contribution in [0.4, 0.5) is 0 Å². The molecule has 0 unspecified atom stereocenters. The molecule has 18 heavy (non-hydrogen) atoms. The number of nitrogens with two attached hydrogens (primary N) is 1. The summed E-state index contributed by atoms with van der Waals surface area (Å²) in [6, 6.07) is 1.96. The minimum Gasteiger partial charge on any atom is -0.386 e. The summed E-state index contributed by atoms with van der Waals surface area (Å²) in [7, 11) is 0. The van der Waals surface area contributed by atoms with Crippen molar-refractivity contribution >= 4 is 0 Å². The molecule has 1 aromatic heterocycles. The van der Waals surface area contributed by atoms with Gasteiger partial charge in [-0.1, -0.05) is 0 Å². The number of aryl methyl sites for hydroxylation is 2. The van der Waals surface area contributed by atoms with Gasteiger partial charge in [0.25, 0.3) is 0 Å². The largest absolute Gasteiger partial charge is 0.386 e. The summed E-state index contributed by atoms with van der Waals surface area (Å²) < 4.78 is 7.28. The zero-order valence-corrected chi connectivity index (χ0v) is 11.2. The van der Waals surface area contributed by atoms with Crippen LogP contribution < -0.4 is 5.73 Å². The Morgan fingerprint density at radius 3 is 2.72 bits per heavy atom. The Labute approximate surface area is 108 Å². The second kappa shape index (κ2) is 5.38. The Morgan fingerprint density at radius 2 is 2.22 bits per heavy atom. The van der Waals surface area contributed by atoms with Gasteiger partial charge in [-0.3, -0.25) is 4.68 Å². The molecule has 5 heteroatoms. The van der Waals surface area contributed by atoms with Crippen LogP contribution >= 0.6 is 0 Å². The number of aromatic nitrogens is 2. The lowest BCUT2D eigenvalue weighted by Crippen LogP contribution is -2.41. The zero-order valence-electron chi connectivity index (χ0n) is 11.2. The molecule has 0 saturated carbocycles. The maximum atomic E-state index is 10.6. The van der Waals surface area contributed by atoms with Crippen molar-refractivity contribution in [3.63, 3.8) is 0 Å². The van der Waals surface area contributed by atoms with E-state index in [4.69, 9.17) is 10.5 Å². The number of aliphatic hydroxyl groups excluding tert-OH is 1. The minimum atomic E-state index is -0.599. The Hall–Kier alpha value is -0.910. The first-order valence-corrected chi connectivity index (χ1v) is 6.63. The van der Waals surface area contributed by atoms with Crippen molar-refractivity contribution in [3.8, 4) is 0 Å². The Morgan fingerprint density at radius 1 is 1.56 bits per heavy atom. The summed E-state index contributed by atoms with van der Waals surface area (Å²) in [5.74, 6) is 0. The third-order valence-corrected chi connectivity index (χ3v) is 4.05. The van der Waals surface area contributed by atoms with Crippen LogP contribution in [0.3, 0.4) is 0 Å². The summed E-state index contributed by atoms with van der Waals surface area (Å²) in [4.78, 5) is 0. The summed E-state index contributed by atoms with van der Waals surface area (Å²) in [6.07, 6.45) is 0.990. The molecule has 1 aromatic rings. The third kappa shape index (κ3) is 2.30. The van der Waals surface area contributed by atoms with E-state index in [2.05, 4.69) is 5.10 Å². The third-order valence-electron chi connectivity index (χ3n) is 4.05. The molecule has 1 saturated heterocycles. The van der Waals surface area contributed by atoms with Gasteiger partial charge < -0.3 is 15.6 Å². The van der Waals surface area contributed by atoms with Crippen molar-refractivity contribution < 1.29 is 9.84 Å². The molecule has 0 spiro atoms. The Bertz CT molecular complexity index is 397. The number of nitrogens with zero attached hydrogens (tertiary/aromatic N) is 2. The van der Waals surface area contributed by atoms with Gasteiger partial charge in [-0.15, -0.1) is 0 Å². The van der Waals surface area contributed by atoms with E-state index >= 15 is 0 Å². The lowest BCUT2D eigenvalue weighted by Gasteiger charge is -2.39. The molecule has 3 N–H and O–H groups in total. The van der Waals surface area contributed by atoms with E-state index in [9.17, 15) is 5.11 Å². The molecule has 1 atom stereocenters. The highest BCUT2D eigenvalue weighted by molar-refractivity contribution is 5.15. The maximum Gasteiger partial charge on any atom is 0.105 e. The van der Waals surface area contributed by atoms with Gasteiger partial charge in [-0.05, 0) is 32.8 Å². The highest BCUT2D eigenvalue weighted by atomic mass is 16.5. The molecular weight excluding hydrogens is 230 g/mol. The van der Waals surface area contributed by atoms with E-state index in [1.54, 1.807) is 0 Å². The molecule has 0 bridgehead atoms. The molecule has 102 valence electrons. The van der Waals surface area contributed by atoms with Crippen LogP contribution in [0.15, 0.2) is 6.07 Å². The van der Waals surface area contributed by atoms with Crippen molar-refractivity contribution in [2.24, 2.45) is 11.1 Å². The molecule has 0 amide bonds. The standard InChI is InChI=1S/C13H23N3O2/c1-3-16-10(2)8-11(15-16)12(17)13(9-14)4-6-18-7-5-13/h8,12,17H,3-7,9,14H2,1-2H3/t12-/m0/s1. The van der Waals surface area contributed by atoms with Crippen LogP contribution in [0.5, 0.6) is 0 Å². The van der Waals surface area contributed by atoms with Gasteiger partial charge in [0.05, 0.1) is 5.69 Å². The van der Waals surface area contributed by atoms with Crippen molar-refractivity contribution in [3.05, 3.63) is 17.5 Å². The summed E-state index contributed by atoms with van der Waals surface area (Å²) in [5.41, 5.74) is 7.44. The summed E-state index contributed by atoms with van der Waals surface area (Å²) >= 11 is 0. The topological polar surface area (TPSA) is 73.3 Å². The highest BCUT2D eigenvalue weighted by Crippen LogP contribution is 2.41. The van der Waals surface area contributed by atoms with E-state index in [0.29, 0.717) is 19.8 Å². The molecule has 0 aliphatic carbocycles. The summed E-state index contributed by atoms with van der Waals surface area (Å²) in [6.45, 7) is 6.67. The van der Waals surface area contributed by atoms with E-state index in [1.807, 2.05) is 24.6 Å². The average Bonchev–Trinajstić information content (AvgIpc) is 2.79. The molecule has 0 radical (unpaired) electrons. The van der Waals surface area contributed by atoms with Gasteiger partial charge in [-0.2, -0.15) is 5.10 Å². The number of aliphatic hydroxyl groups is 1. The SMILES string of the molecule is CCn1nc([C@H](O)C2(CN)CCOCC2)cc1C. The lowest BCUT2D eigenvalue weighted by molar-refractivity contribution is -0.0599. The van der Waals surface area contributed by atoms with Crippen molar-refractivity contribution in [1.82, 2.24) is 9.78 Å². The van der Waals surface area contributed by atoms with Crippen molar-refractivity contribution in [2.75, 3.05) is 19.8 Å². The van der Waals surface area contributed by atoms with Crippen LogP contribution in [0.25, 0.3) is 0 Å². The molecule has 5 nitrogen and oxygen atoms in total. The Balaban J connectivity index is 2.24. The first-order valence-electron chi connectivity index (χ1n) is 6.63. The van der Waals surface area contributed by atoms with E-state index < -0.39 is 6.10 Å². The molecule has 2 heterocycles. The molecular formula is C13H23N3O2. The quantitative estimate of drug-likeness (QED) is 0.839. The molecule has 1 aliphatic heterocycles. The average molecular weight is 253 g/mol. The van der Waals surface area contributed by atoms with Crippen molar-refractivity contribution in [2.45, 2.75) is 39.3 Å². The van der Waals surface area contributed by atoms with E-state index in [0.717, 1.165) is 30.8 Å². The fourth-order valence-corrected chi connectivity index (χ4v) is 2.67. The highest BCUT2D eigenvalue weighted by Gasteiger charge is 2.40. The molecule has 0 aromatic carbocycles. The van der Waals surface area contributed by atoms with Gasteiger partial charge >= 0.3 is 0 Å². The number of hydrogen-bond donors (Lipinski definition) is 2. The van der Waals surface area contributed by atoms with Crippen LogP contribution in [0.1, 0.15) is 37.3 Å². The lowest BCUT2D eigenvalue weighted by atomic mass is 9.74. The zero-order chi connectivity index (χ0) is 13.2. The molecule has 2 rings (SSSR count). The van der Waals surface area contributed by atoms with Crippen LogP contribution in [-0.4, -0.2) is 34.6 Å². The van der Waals surface area contributed by atoms with Gasteiger partial charge in [0, 0.05) is 37.4 Å². The Kier molecular flexibility index (Phi) is 4.04. The molecule has 1 fully saturated rings. The predicted octanol–water partition coefficient (Wildman–Crippen LogP) is 1.00. The number of hydrogen-bond acceptors (Lipinski definition) is 4. The van der Waals surface area contributed by atoms with Crippen LogP contribution in [0, 0.1) is 12.3 Å². The van der Waals surface area contributed by atoms with Crippen LogP contribution in [0.2, 0.25) is 0 Å². The summed E-state index contributed by atoms with van der Waals surface area (Å²) in [5, 5.41) is 15.1. The first-order chi connectivity index (χ1) is 8.63. The van der Waals surface area contributed by atoms with Crippen molar-refractivity contribution in [1.29, 1.82) is 0 Å². The fraction of sp³-hybridized carbons (Fsp3) is 0.769. The number of rotatable bonds is 4. The maximum absolute atomic E-state index is 10.6. The van der Waals surface area contributed by atoms with E-state index in [1.165, 1.54) is 0 Å². The second-order valence-corrected chi connectivity index (χ2v) is 5.11. The fourth-order valence-electron chi connectivity index (χ4n) is 2.67. The van der Waals surface area contributed by atoms with Gasteiger partial charge in [0.2, 0.25) is 0 Å². The normalized spacial score (nSPS) is 20.9. The molecule has 1 aliphatic rings. The van der Waals surface area contributed by atoms with Gasteiger partial charge in [-0.25, -0.2) is 0 Å².